The van der Waals surface area contributed by atoms with Crippen LogP contribution in [0.25, 0.3) is 0 Å². The van der Waals surface area contributed by atoms with Crippen molar-refractivity contribution in [2.75, 3.05) is 6.54 Å². The van der Waals surface area contributed by atoms with Gasteiger partial charge in [0.2, 0.25) is 5.91 Å². The van der Waals surface area contributed by atoms with E-state index in [0.29, 0.717) is 18.9 Å². The Bertz CT molecular complexity index is 278. The summed E-state index contributed by atoms with van der Waals surface area (Å²) in [6, 6.07) is 0. The molecule has 0 saturated carbocycles. The van der Waals surface area contributed by atoms with Crippen LogP contribution in [-0.4, -0.2) is 12.5 Å². The summed E-state index contributed by atoms with van der Waals surface area (Å²) in [4.78, 5) is 11.4. The van der Waals surface area contributed by atoms with E-state index in [0.717, 1.165) is 19.3 Å². The Balaban J connectivity index is 2.51. The Labute approximate surface area is 98.8 Å². The lowest BCUT2D eigenvalue weighted by Gasteiger charge is -2.05. The Morgan fingerprint density at radius 2 is 2.19 bits per heavy atom. The minimum absolute atomic E-state index is 0.174. The summed E-state index contributed by atoms with van der Waals surface area (Å²) < 4.78 is 0. The molecule has 16 heavy (non-hydrogen) atoms. The highest BCUT2D eigenvalue weighted by molar-refractivity contribution is 5.76. The largest absolute Gasteiger partial charge is 0.352 e. The number of carbonyl (C=O) groups excluding carboxylic acids is 1. The minimum Gasteiger partial charge on any atom is -0.352 e. The van der Waals surface area contributed by atoms with Gasteiger partial charge in [0, 0.05) is 13.0 Å². The molecule has 0 bridgehead atoms. The van der Waals surface area contributed by atoms with Gasteiger partial charge < -0.3 is 5.32 Å². The standard InChI is InChI=1S/C14H23NO/c1-12-7-4-3-5-10-14(16)15-11-13(2)9-6-8-12/h4,7,9,12H,3,5-6,8,10-11H2,1-2H3,(H,15,16)/b7-4+,13-9-. The normalized spacial score (nSPS) is 30.0. The van der Waals surface area contributed by atoms with Crippen LogP contribution >= 0.6 is 0 Å². The van der Waals surface area contributed by atoms with Gasteiger partial charge in [-0.15, -0.1) is 0 Å². The summed E-state index contributed by atoms with van der Waals surface area (Å²) in [6.45, 7) is 5.05. The number of nitrogens with one attached hydrogen (secondary N) is 1. The first-order chi connectivity index (χ1) is 7.68. The third-order valence-corrected chi connectivity index (χ3v) is 2.92. The zero-order valence-corrected chi connectivity index (χ0v) is 10.5. The summed E-state index contributed by atoms with van der Waals surface area (Å²) in [6.07, 6.45) is 11.6. The molecule has 90 valence electrons. The van der Waals surface area contributed by atoms with Crippen molar-refractivity contribution in [1.82, 2.24) is 5.32 Å². The van der Waals surface area contributed by atoms with Crippen LogP contribution in [0.5, 0.6) is 0 Å². The fourth-order valence-corrected chi connectivity index (χ4v) is 1.80. The van der Waals surface area contributed by atoms with E-state index < -0.39 is 0 Å². The van der Waals surface area contributed by atoms with E-state index in [2.05, 4.69) is 37.4 Å². The summed E-state index contributed by atoms with van der Waals surface area (Å²) in [5.74, 6) is 0.821. The molecule has 1 atom stereocenters. The van der Waals surface area contributed by atoms with Crippen LogP contribution < -0.4 is 5.32 Å². The first kappa shape index (κ1) is 13.0. The lowest BCUT2D eigenvalue weighted by atomic mass is 10.0. The monoisotopic (exact) mass is 221 g/mol. The molecule has 1 heterocycles. The SMILES string of the molecule is C/C1=C/CCC(C)/C=C/CCCC(=O)NC1. The van der Waals surface area contributed by atoms with Gasteiger partial charge >= 0.3 is 0 Å². The molecule has 0 aromatic rings. The molecule has 0 aromatic heterocycles. The Morgan fingerprint density at radius 1 is 1.38 bits per heavy atom. The van der Waals surface area contributed by atoms with Crippen molar-refractivity contribution in [3.8, 4) is 0 Å². The van der Waals surface area contributed by atoms with E-state index >= 15 is 0 Å². The van der Waals surface area contributed by atoms with Gasteiger partial charge in [0.05, 0.1) is 0 Å². The maximum Gasteiger partial charge on any atom is 0.220 e. The molecule has 1 unspecified atom stereocenters. The molecular weight excluding hydrogens is 198 g/mol. The molecule has 0 aromatic carbocycles. The van der Waals surface area contributed by atoms with Crippen molar-refractivity contribution >= 4 is 5.91 Å². The van der Waals surface area contributed by atoms with E-state index in [1.165, 1.54) is 12.0 Å². The zero-order valence-electron chi connectivity index (χ0n) is 10.5. The van der Waals surface area contributed by atoms with E-state index in [4.69, 9.17) is 0 Å². The van der Waals surface area contributed by atoms with Gasteiger partial charge in [-0.05, 0) is 38.5 Å². The molecule has 1 aliphatic heterocycles. The highest BCUT2D eigenvalue weighted by Gasteiger charge is 2.02. The van der Waals surface area contributed by atoms with Crippen molar-refractivity contribution in [3.63, 3.8) is 0 Å². The van der Waals surface area contributed by atoms with Gasteiger partial charge in [0.1, 0.15) is 0 Å². The molecule has 0 fully saturated rings. The number of allylic oxidation sites excluding steroid dienone is 3. The Morgan fingerprint density at radius 3 is 3.00 bits per heavy atom. The van der Waals surface area contributed by atoms with Gasteiger partial charge in [-0.2, -0.15) is 0 Å². The van der Waals surface area contributed by atoms with Gasteiger partial charge in [-0.1, -0.05) is 30.7 Å². The second-order valence-electron chi connectivity index (χ2n) is 4.70. The van der Waals surface area contributed by atoms with Crippen molar-refractivity contribution in [3.05, 3.63) is 23.8 Å². The molecule has 1 N–H and O–H groups in total. The average molecular weight is 221 g/mol. The fourth-order valence-electron chi connectivity index (χ4n) is 1.80. The van der Waals surface area contributed by atoms with Crippen molar-refractivity contribution in [2.24, 2.45) is 5.92 Å². The van der Waals surface area contributed by atoms with E-state index in [1.807, 2.05) is 0 Å². The molecule has 0 radical (unpaired) electrons. The predicted molar refractivity (Wildman–Crippen MR) is 68.2 cm³/mol. The summed E-state index contributed by atoms with van der Waals surface area (Å²) in [7, 11) is 0. The molecular formula is C14H23NO. The summed E-state index contributed by atoms with van der Waals surface area (Å²) in [5.41, 5.74) is 1.27. The maximum absolute atomic E-state index is 11.4. The Hall–Kier alpha value is -1.05. The molecule has 0 aliphatic carbocycles. The number of amides is 1. The lowest BCUT2D eigenvalue weighted by Crippen LogP contribution is -2.24. The topological polar surface area (TPSA) is 29.1 Å². The number of rotatable bonds is 0. The van der Waals surface area contributed by atoms with Crippen molar-refractivity contribution in [2.45, 2.75) is 46.0 Å². The van der Waals surface area contributed by atoms with E-state index in [9.17, 15) is 4.79 Å². The number of carbonyl (C=O) groups is 1. The summed E-state index contributed by atoms with van der Waals surface area (Å²) >= 11 is 0. The van der Waals surface area contributed by atoms with E-state index in [-0.39, 0.29) is 5.91 Å². The first-order valence-corrected chi connectivity index (χ1v) is 6.27. The Kier molecular flexibility index (Phi) is 5.91. The van der Waals surface area contributed by atoms with Crippen LogP contribution in [-0.2, 0) is 4.79 Å². The van der Waals surface area contributed by atoms with Gasteiger partial charge in [-0.3, -0.25) is 4.79 Å². The number of hydrogen-bond donors (Lipinski definition) is 1. The molecule has 1 aliphatic rings. The second-order valence-corrected chi connectivity index (χ2v) is 4.70. The zero-order chi connectivity index (χ0) is 11.8. The van der Waals surface area contributed by atoms with Crippen LogP contribution in [0.3, 0.4) is 0 Å². The average Bonchev–Trinajstić information content (AvgIpc) is 2.26. The number of hydrogen-bond acceptors (Lipinski definition) is 1. The van der Waals surface area contributed by atoms with Crippen molar-refractivity contribution < 1.29 is 4.79 Å². The molecule has 0 saturated heterocycles. The molecule has 1 amide bonds. The second kappa shape index (κ2) is 7.26. The highest BCUT2D eigenvalue weighted by Crippen LogP contribution is 2.11. The summed E-state index contributed by atoms with van der Waals surface area (Å²) in [5, 5.41) is 2.95. The highest BCUT2D eigenvalue weighted by atomic mass is 16.1. The third kappa shape index (κ3) is 5.74. The molecule has 2 heteroatoms. The van der Waals surface area contributed by atoms with Gasteiger partial charge in [0.25, 0.3) is 0 Å². The van der Waals surface area contributed by atoms with Crippen LogP contribution in [0, 0.1) is 5.92 Å². The third-order valence-electron chi connectivity index (χ3n) is 2.92. The smallest absolute Gasteiger partial charge is 0.220 e. The predicted octanol–water partition coefficient (Wildman–Crippen LogP) is 3.21. The fraction of sp³-hybridized carbons (Fsp3) is 0.643. The van der Waals surface area contributed by atoms with Crippen LogP contribution in [0.4, 0.5) is 0 Å². The van der Waals surface area contributed by atoms with E-state index in [1.54, 1.807) is 0 Å². The van der Waals surface area contributed by atoms with Gasteiger partial charge in [-0.25, -0.2) is 0 Å². The van der Waals surface area contributed by atoms with Gasteiger partial charge in [0.15, 0.2) is 0 Å². The first-order valence-electron chi connectivity index (χ1n) is 6.27. The van der Waals surface area contributed by atoms with Crippen molar-refractivity contribution in [1.29, 1.82) is 0 Å². The molecule has 1 rings (SSSR count). The lowest BCUT2D eigenvalue weighted by molar-refractivity contribution is -0.121. The van der Waals surface area contributed by atoms with Crippen LogP contribution in [0.15, 0.2) is 23.8 Å². The minimum atomic E-state index is 0.174. The molecule has 2 nitrogen and oxygen atoms in total. The van der Waals surface area contributed by atoms with Crippen LogP contribution in [0.1, 0.15) is 46.0 Å². The quantitative estimate of drug-likeness (QED) is 0.625. The molecule has 0 spiro atoms. The maximum atomic E-state index is 11.4. The van der Waals surface area contributed by atoms with Crippen LogP contribution in [0.2, 0.25) is 0 Å².